The van der Waals surface area contributed by atoms with Gasteiger partial charge in [-0.05, 0) is 24.3 Å². The Balaban J connectivity index is 1.85. The fourth-order valence-corrected chi connectivity index (χ4v) is 3.05. The summed E-state index contributed by atoms with van der Waals surface area (Å²) in [5.74, 6) is 0.265. The van der Waals surface area contributed by atoms with Crippen LogP contribution < -0.4 is 4.90 Å². The highest BCUT2D eigenvalue weighted by molar-refractivity contribution is 7.85. The average molecular weight is 376 g/mol. The molecule has 0 radical (unpaired) electrons. The first kappa shape index (κ1) is 17.7. The second kappa shape index (κ2) is 6.30. The Morgan fingerprint density at radius 3 is 2.52 bits per heavy atom. The zero-order valence-electron chi connectivity index (χ0n) is 13.1. The lowest BCUT2D eigenvalue weighted by Gasteiger charge is -2.33. The van der Waals surface area contributed by atoms with Gasteiger partial charge in [-0.3, -0.25) is 4.18 Å². The zero-order valence-corrected chi connectivity index (χ0v) is 14.0. The predicted molar refractivity (Wildman–Crippen MR) is 82.8 cm³/mol. The second-order valence-corrected chi connectivity index (χ2v) is 7.40. The molecule has 0 saturated carbocycles. The van der Waals surface area contributed by atoms with Gasteiger partial charge in [0.05, 0.1) is 25.0 Å². The van der Waals surface area contributed by atoms with Gasteiger partial charge < -0.3 is 4.90 Å². The minimum atomic E-state index is -4.41. The Bertz CT molecular complexity index is 849. The summed E-state index contributed by atoms with van der Waals surface area (Å²) in [6.45, 7) is 0.705. The van der Waals surface area contributed by atoms with Crippen molar-refractivity contribution < 1.29 is 25.8 Å². The van der Waals surface area contributed by atoms with Gasteiger partial charge in [-0.1, -0.05) is 0 Å². The van der Waals surface area contributed by atoms with Crippen LogP contribution in [-0.2, 0) is 27.0 Å². The van der Waals surface area contributed by atoms with Gasteiger partial charge in [0.15, 0.2) is 0 Å². The molecule has 11 heteroatoms. The number of fused-ring (bicyclic) bond motifs is 1. The smallest absolute Gasteiger partial charge is 0.310 e. The number of halogens is 3. The molecule has 25 heavy (non-hydrogen) atoms. The van der Waals surface area contributed by atoms with Crippen LogP contribution in [0.25, 0.3) is 0 Å². The zero-order chi connectivity index (χ0) is 18.2. The van der Waals surface area contributed by atoms with Crippen LogP contribution in [-0.4, -0.2) is 42.6 Å². The maximum Gasteiger partial charge on any atom is 0.416 e. The van der Waals surface area contributed by atoms with Crippen molar-refractivity contribution in [1.82, 2.24) is 14.8 Å². The molecule has 3 rings (SSSR count). The standard InChI is InChI=1S/C14H15F3N4O3S/c1-25(22,23)24-8-10-6-20(13-18-9-19-21(13)7-10)12-4-2-11(3-5-12)14(15,16)17/h2-5,9-10H,6-8H2,1H3. The molecule has 0 amide bonds. The normalized spacial score (nSPS) is 18.2. The van der Waals surface area contributed by atoms with Gasteiger partial charge in [0.1, 0.15) is 6.33 Å². The van der Waals surface area contributed by atoms with E-state index in [9.17, 15) is 21.6 Å². The molecule has 0 fully saturated rings. The fraction of sp³-hybridized carbons (Fsp3) is 0.429. The number of rotatable bonds is 4. The summed E-state index contributed by atoms with van der Waals surface area (Å²) in [4.78, 5) is 5.81. The van der Waals surface area contributed by atoms with Gasteiger partial charge >= 0.3 is 6.18 Å². The summed E-state index contributed by atoms with van der Waals surface area (Å²) in [6.07, 6.45) is -2.11. The molecular weight excluding hydrogens is 361 g/mol. The van der Waals surface area contributed by atoms with Gasteiger partial charge in [0.2, 0.25) is 5.95 Å². The Labute approximate surface area is 142 Å². The molecule has 1 atom stereocenters. The summed E-state index contributed by atoms with van der Waals surface area (Å²) in [5, 5.41) is 4.06. The molecular formula is C14H15F3N4O3S. The number of alkyl halides is 3. The van der Waals surface area contributed by atoms with Gasteiger partial charge in [0.25, 0.3) is 10.1 Å². The Morgan fingerprint density at radius 2 is 1.92 bits per heavy atom. The van der Waals surface area contributed by atoms with Crippen molar-refractivity contribution in [1.29, 1.82) is 0 Å². The van der Waals surface area contributed by atoms with E-state index in [4.69, 9.17) is 4.18 Å². The van der Waals surface area contributed by atoms with E-state index in [-0.39, 0.29) is 12.5 Å². The van der Waals surface area contributed by atoms with Crippen LogP contribution in [0.5, 0.6) is 0 Å². The minimum Gasteiger partial charge on any atom is -0.310 e. The van der Waals surface area contributed by atoms with E-state index in [1.807, 2.05) is 0 Å². The summed E-state index contributed by atoms with van der Waals surface area (Å²) in [6, 6.07) is 4.68. The van der Waals surface area contributed by atoms with Gasteiger partial charge in [0, 0.05) is 18.2 Å². The number of anilines is 2. The van der Waals surface area contributed by atoms with Crippen LogP contribution in [0, 0.1) is 5.92 Å². The summed E-state index contributed by atoms with van der Waals surface area (Å²) in [5.41, 5.74) is -0.238. The first-order valence-corrected chi connectivity index (χ1v) is 9.12. The van der Waals surface area contributed by atoms with Gasteiger partial charge in [-0.2, -0.15) is 31.7 Å². The van der Waals surface area contributed by atoms with E-state index in [0.29, 0.717) is 24.7 Å². The molecule has 1 aromatic carbocycles. The maximum atomic E-state index is 12.7. The summed E-state index contributed by atoms with van der Waals surface area (Å²) >= 11 is 0. The SMILES string of the molecule is CS(=O)(=O)OCC1CN(c2ccc(C(F)(F)F)cc2)c2ncnn2C1. The summed E-state index contributed by atoms with van der Waals surface area (Å²) in [7, 11) is -3.58. The third-order valence-corrected chi connectivity index (χ3v) is 4.30. The molecule has 0 saturated heterocycles. The van der Waals surface area contributed by atoms with Gasteiger partial charge in [-0.15, -0.1) is 0 Å². The number of hydrogen-bond acceptors (Lipinski definition) is 6. The first-order valence-electron chi connectivity index (χ1n) is 7.30. The Hall–Kier alpha value is -2.14. The molecule has 0 N–H and O–H groups in total. The monoisotopic (exact) mass is 376 g/mol. The van der Waals surface area contributed by atoms with Crippen molar-refractivity contribution in [3.05, 3.63) is 36.2 Å². The topological polar surface area (TPSA) is 77.3 Å². The van der Waals surface area contributed by atoms with E-state index in [0.717, 1.165) is 18.4 Å². The number of aromatic nitrogens is 3. The lowest BCUT2D eigenvalue weighted by molar-refractivity contribution is -0.137. The van der Waals surface area contributed by atoms with E-state index in [1.165, 1.54) is 18.5 Å². The largest absolute Gasteiger partial charge is 0.416 e. The third kappa shape index (κ3) is 4.10. The Morgan fingerprint density at radius 1 is 1.24 bits per heavy atom. The lowest BCUT2D eigenvalue weighted by Crippen LogP contribution is -2.38. The van der Waals surface area contributed by atoms with Crippen LogP contribution >= 0.6 is 0 Å². The molecule has 2 aromatic rings. The van der Waals surface area contributed by atoms with Crippen molar-refractivity contribution in [2.45, 2.75) is 12.7 Å². The highest BCUT2D eigenvalue weighted by Crippen LogP contribution is 2.33. The first-order chi connectivity index (χ1) is 11.6. The molecule has 1 unspecified atom stereocenters. The third-order valence-electron chi connectivity index (χ3n) is 3.73. The minimum absolute atomic E-state index is 0.0464. The quantitative estimate of drug-likeness (QED) is 0.760. The van der Waals surface area contributed by atoms with E-state index in [2.05, 4.69) is 10.1 Å². The summed E-state index contributed by atoms with van der Waals surface area (Å²) < 4.78 is 66.9. The molecule has 136 valence electrons. The van der Waals surface area contributed by atoms with Crippen LogP contribution in [0.15, 0.2) is 30.6 Å². The number of benzene rings is 1. The number of nitrogens with zero attached hydrogens (tertiary/aromatic N) is 4. The highest BCUT2D eigenvalue weighted by Gasteiger charge is 2.32. The van der Waals surface area contributed by atoms with E-state index in [1.54, 1.807) is 9.58 Å². The van der Waals surface area contributed by atoms with E-state index < -0.39 is 21.9 Å². The molecule has 0 aliphatic carbocycles. The Kier molecular flexibility index (Phi) is 4.45. The maximum absolute atomic E-state index is 12.7. The van der Waals surface area contributed by atoms with Crippen LogP contribution in [0.2, 0.25) is 0 Å². The highest BCUT2D eigenvalue weighted by atomic mass is 32.2. The van der Waals surface area contributed by atoms with Crippen molar-refractivity contribution in [2.24, 2.45) is 5.92 Å². The molecule has 1 aromatic heterocycles. The number of hydrogen-bond donors (Lipinski definition) is 0. The second-order valence-electron chi connectivity index (χ2n) is 5.75. The average Bonchev–Trinajstić information content (AvgIpc) is 2.99. The molecule has 0 bridgehead atoms. The van der Waals surface area contributed by atoms with Crippen molar-refractivity contribution in [2.75, 3.05) is 24.3 Å². The lowest BCUT2D eigenvalue weighted by atomic mass is 10.1. The van der Waals surface area contributed by atoms with Gasteiger partial charge in [-0.25, -0.2) is 4.68 Å². The van der Waals surface area contributed by atoms with Crippen molar-refractivity contribution in [3.63, 3.8) is 0 Å². The van der Waals surface area contributed by atoms with Crippen LogP contribution in [0.3, 0.4) is 0 Å². The molecule has 2 heterocycles. The molecule has 0 spiro atoms. The van der Waals surface area contributed by atoms with E-state index >= 15 is 0 Å². The fourth-order valence-electron chi connectivity index (χ4n) is 2.61. The predicted octanol–water partition coefficient (Wildman–Crippen LogP) is 2.04. The van der Waals surface area contributed by atoms with Crippen molar-refractivity contribution >= 4 is 21.8 Å². The molecule has 1 aliphatic heterocycles. The molecule has 7 nitrogen and oxygen atoms in total. The van der Waals surface area contributed by atoms with Crippen molar-refractivity contribution in [3.8, 4) is 0 Å². The van der Waals surface area contributed by atoms with Crippen LogP contribution in [0.4, 0.5) is 24.8 Å². The molecule has 1 aliphatic rings. The van der Waals surface area contributed by atoms with Crippen LogP contribution in [0.1, 0.15) is 5.56 Å².